The zero-order valence-corrected chi connectivity index (χ0v) is 15.4. The fourth-order valence-corrected chi connectivity index (χ4v) is 3.78. The van der Waals surface area contributed by atoms with Crippen LogP contribution in [0, 0.1) is 0 Å². The molecule has 6 heteroatoms. The first-order chi connectivity index (χ1) is 12.6. The molecule has 0 bridgehead atoms. The SMILES string of the molecule is C[C@@H]1CCN(C(=O)COC(=O)COc2ccccc2)c2ccccc2S1. The van der Waals surface area contributed by atoms with Crippen LogP contribution in [0.5, 0.6) is 5.75 Å². The highest BCUT2D eigenvalue weighted by Crippen LogP contribution is 2.37. The predicted molar refractivity (Wildman–Crippen MR) is 102 cm³/mol. The van der Waals surface area contributed by atoms with Gasteiger partial charge in [-0.3, -0.25) is 4.79 Å². The van der Waals surface area contributed by atoms with Gasteiger partial charge in [0.1, 0.15) is 5.75 Å². The molecule has 0 aliphatic carbocycles. The van der Waals surface area contributed by atoms with Crippen molar-refractivity contribution in [3.05, 3.63) is 54.6 Å². The van der Waals surface area contributed by atoms with E-state index in [0.29, 0.717) is 17.5 Å². The van der Waals surface area contributed by atoms with Crippen LogP contribution in [0.25, 0.3) is 0 Å². The zero-order chi connectivity index (χ0) is 18.4. The molecule has 1 atom stereocenters. The Kier molecular flexibility index (Phi) is 6.17. The van der Waals surface area contributed by atoms with Crippen molar-refractivity contribution in [2.75, 3.05) is 24.7 Å². The summed E-state index contributed by atoms with van der Waals surface area (Å²) in [7, 11) is 0. The van der Waals surface area contributed by atoms with Crippen molar-refractivity contribution in [2.24, 2.45) is 0 Å². The smallest absolute Gasteiger partial charge is 0.344 e. The van der Waals surface area contributed by atoms with Gasteiger partial charge in [0.25, 0.3) is 5.91 Å². The highest BCUT2D eigenvalue weighted by atomic mass is 32.2. The quantitative estimate of drug-likeness (QED) is 0.753. The highest BCUT2D eigenvalue weighted by molar-refractivity contribution is 8.00. The number of rotatable bonds is 5. The van der Waals surface area contributed by atoms with Crippen LogP contribution in [-0.2, 0) is 14.3 Å². The molecule has 0 fully saturated rings. The van der Waals surface area contributed by atoms with Gasteiger partial charge in [-0.15, -0.1) is 11.8 Å². The van der Waals surface area contributed by atoms with E-state index in [-0.39, 0.29) is 19.1 Å². The molecule has 136 valence electrons. The van der Waals surface area contributed by atoms with Crippen LogP contribution >= 0.6 is 11.8 Å². The summed E-state index contributed by atoms with van der Waals surface area (Å²) >= 11 is 1.76. The maximum atomic E-state index is 12.6. The Morgan fingerprint density at radius 1 is 1.08 bits per heavy atom. The van der Waals surface area contributed by atoms with Crippen LogP contribution < -0.4 is 9.64 Å². The third-order valence-electron chi connectivity index (χ3n) is 4.00. The topological polar surface area (TPSA) is 55.8 Å². The Morgan fingerprint density at radius 2 is 1.81 bits per heavy atom. The van der Waals surface area contributed by atoms with E-state index in [1.165, 1.54) is 0 Å². The number of carbonyl (C=O) groups excluding carboxylic acids is 2. The predicted octanol–water partition coefficient (Wildman–Crippen LogP) is 3.53. The van der Waals surface area contributed by atoms with Crippen molar-refractivity contribution in [1.82, 2.24) is 0 Å². The molecule has 1 amide bonds. The standard InChI is InChI=1S/C20H21NO4S/c1-15-11-12-21(17-9-5-6-10-18(17)26-15)19(22)13-25-20(23)14-24-16-7-3-2-4-8-16/h2-10,15H,11-14H2,1H3/t15-/m1/s1. The molecule has 1 aliphatic heterocycles. The number of fused-ring (bicyclic) bond motifs is 1. The van der Waals surface area contributed by atoms with Gasteiger partial charge in [-0.25, -0.2) is 4.79 Å². The third-order valence-corrected chi connectivity index (χ3v) is 5.24. The molecule has 2 aromatic rings. The van der Waals surface area contributed by atoms with Crippen molar-refractivity contribution in [2.45, 2.75) is 23.5 Å². The van der Waals surface area contributed by atoms with Crippen LogP contribution in [0.1, 0.15) is 13.3 Å². The molecule has 0 aromatic heterocycles. The molecule has 0 spiro atoms. The van der Waals surface area contributed by atoms with Crippen molar-refractivity contribution in [1.29, 1.82) is 0 Å². The van der Waals surface area contributed by atoms with E-state index in [1.54, 1.807) is 28.8 Å². The number of ether oxygens (including phenoxy) is 2. The zero-order valence-electron chi connectivity index (χ0n) is 14.6. The van der Waals surface area contributed by atoms with Crippen LogP contribution in [-0.4, -0.2) is 36.9 Å². The molecule has 2 aromatic carbocycles. The molecule has 0 saturated heterocycles. The number of benzene rings is 2. The molecular weight excluding hydrogens is 350 g/mol. The van der Waals surface area contributed by atoms with Gasteiger partial charge < -0.3 is 14.4 Å². The van der Waals surface area contributed by atoms with Crippen molar-refractivity contribution in [3.63, 3.8) is 0 Å². The number of nitrogens with zero attached hydrogens (tertiary/aromatic N) is 1. The average Bonchev–Trinajstić information content (AvgIpc) is 2.83. The largest absolute Gasteiger partial charge is 0.482 e. The number of esters is 1. The molecule has 0 unspecified atom stereocenters. The normalized spacial score (nSPS) is 16.3. The molecule has 5 nitrogen and oxygen atoms in total. The summed E-state index contributed by atoms with van der Waals surface area (Å²) in [5.74, 6) is -0.198. The van der Waals surface area contributed by atoms with E-state index in [1.807, 2.05) is 42.5 Å². The van der Waals surface area contributed by atoms with E-state index in [2.05, 4.69) is 6.92 Å². The minimum absolute atomic E-state index is 0.221. The maximum Gasteiger partial charge on any atom is 0.344 e. The van der Waals surface area contributed by atoms with Gasteiger partial charge in [0.2, 0.25) is 0 Å². The Balaban J connectivity index is 1.55. The highest BCUT2D eigenvalue weighted by Gasteiger charge is 2.24. The lowest BCUT2D eigenvalue weighted by molar-refractivity contribution is -0.149. The lowest BCUT2D eigenvalue weighted by atomic mass is 10.2. The summed E-state index contributed by atoms with van der Waals surface area (Å²) in [5, 5.41) is 0.427. The van der Waals surface area contributed by atoms with E-state index >= 15 is 0 Å². The number of amides is 1. The number of anilines is 1. The van der Waals surface area contributed by atoms with E-state index in [0.717, 1.165) is 17.0 Å². The van der Waals surface area contributed by atoms with E-state index < -0.39 is 5.97 Å². The molecule has 3 rings (SSSR count). The maximum absolute atomic E-state index is 12.6. The van der Waals surface area contributed by atoms with Crippen LogP contribution in [0.3, 0.4) is 0 Å². The van der Waals surface area contributed by atoms with Gasteiger partial charge >= 0.3 is 5.97 Å². The molecule has 1 heterocycles. The molecule has 0 N–H and O–H groups in total. The first kappa shape index (κ1) is 18.3. The van der Waals surface area contributed by atoms with Gasteiger partial charge in [0, 0.05) is 16.7 Å². The Bertz CT molecular complexity index is 765. The molecule has 1 aliphatic rings. The molecule has 26 heavy (non-hydrogen) atoms. The molecule has 0 saturated carbocycles. The number of hydrogen-bond acceptors (Lipinski definition) is 5. The average molecular weight is 371 g/mol. The summed E-state index contributed by atoms with van der Waals surface area (Å²) in [6.07, 6.45) is 0.885. The summed E-state index contributed by atoms with van der Waals surface area (Å²) in [4.78, 5) is 27.2. The lowest BCUT2D eigenvalue weighted by Gasteiger charge is -2.22. The van der Waals surface area contributed by atoms with Gasteiger partial charge in [-0.2, -0.15) is 0 Å². The second kappa shape index (κ2) is 8.76. The molecule has 0 radical (unpaired) electrons. The summed E-state index contributed by atoms with van der Waals surface area (Å²) in [5.41, 5.74) is 0.878. The van der Waals surface area contributed by atoms with Crippen molar-refractivity contribution < 1.29 is 19.1 Å². The fraction of sp³-hybridized carbons (Fsp3) is 0.300. The Morgan fingerprint density at radius 3 is 2.62 bits per heavy atom. The Hall–Kier alpha value is -2.47. The second-order valence-electron chi connectivity index (χ2n) is 5.99. The number of thioether (sulfide) groups is 1. The Labute approximate surface area is 157 Å². The second-order valence-corrected chi connectivity index (χ2v) is 7.47. The summed E-state index contributed by atoms with van der Waals surface area (Å²) in [6, 6.07) is 16.8. The number of para-hydroxylation sites is 2. The fourth-order valence-electron chi connectivity index (χ4n) is 2.67. The van der Waals surface area contributed by atoms with Gasteiger partial charge in [0.05, 0.1) is 5.69 Å². The first-order valence-corrected chi connectivity index (χ1v) is 9.41. The van der Waals surface area contributed by atoms with Gasteiger partial charge in [-0.05, 0) is 30.7 Å². The summed E-state index contributed by atoms with van der Waals surface area (Å²) in [6.45, 7) is 2.25. The first-order valence-electron chi connectivity index (χ1n) is 8.53. The van der Waals surface area contributed by atoms with E-state index in [4.69, 9.17) is 9.47 Å². The minimum Gasteiger partial charge on any atom is -0.482 e. The lowest BCUT2D eigenvalue weighted by Crippen LogP contribution is -2.36. The van der Waals surface area contributed by atoms with E-state index in [9.17, 15) is 9.59 Å². The van der Waals surface area contributed by atoms with Gasteiger partial charge in [-0.1, -0.05) is 37.3 Å². The van der Waals surface area contributed by atoms with Crippen LogP contribution in [0.4, 0.5) is 5.69 Å². The number of carbonyl (C=O) groups is 2. The third kappa shape index (κ3) is 4.79. The summed E-state index contributed by atoms with van der Waals surface area (Å²) < 4.78 is 10.4. The molecular formula is C20H21NO4S. The van der Waals surface area contributed by atoms with Gasteiger partial charge in [0.15, 0.2) is 13.2 Å². The minimum atomic E-state index is -0.562. The van der Waals surface area contributed by atoms with Crippen molar-refractivity contribution >= 4 is 29.3 Å². The van der Waals surface area contributed by atoms with Crippen LogP contribution in [0.2, 0.25) is 0 Å². The monoisotopic (exact) mass is 371 g/mol. The number of hydrogen-bond donors (Lipinski definition) is 0. The van der Waals surface area contributed by atoms with Crippen LogP contribution in [0.15, 0.2) is 59.5 Å². The van der Waals surface area contributed by atoms with Crippen molar-refractivity contribution in [3.8, 4) is 5.75 Å².